The lowest BCUT2D eigenvalue weighted by molar-refractivity contribution is -0.141. The maximum absolute atomic E-state index is 10.6. The molecule has 0 spiro atoms. The van der Waals surface area contributed by atoms with E-state index in [0.29, 0.717) is 0 Å². The third kappa shape index (κ3) is 2.97. The van der Waals surface area contributed by atoms with Crippen molar-refractivity contribution < 1.29 is 9.53 Å². The number of rotatable bonds is 2. The lowest BCUT2D eigenvalue weighted by atomic mass is 10.0. The summed E-state index contributed by atoms with van der Waals surface area (Å²) < 4.78 is 5.00. The molecule has 0 aliphatic heterocycles. The number of carbonyl (C=O) groups excluding carboxylic acids is 1. The second-order valence-corrected chi connectivity index (χ2v) is 3.78. The number of allylic oxidation sites excluding steroid dienone is 1. The summed E-state index contributed by atoms with van der Waals surface area (Å²) in [5.41, 5.74) is 1.21. The second-order valence-electron chi connectivity index (χ2n) is 2.95. The third-order valence-corrected chi connectivity index (χ3v) is 2.66. The minimum absolute atomic E-state index is 0.199. The number of esters is 1. The molecular formula is C9H13BrO2. The fourth-order valence-corrected chi connectivity index (χ4v) is 1.97. The van der Waals surface area contributed by atoms with E-state index in [4.69, 9.17) is 4.74 Å². The quantitative estimate of drug-likeness (QED) is 0.416. The second kappa shape index (κ2) is 4.65. The van der Waals surface area contributed by atoms with Gasteiger partial charge in [0.1, 0.15) is 0 Å². The summed E-state index contributed by atoms with van der Waals surface area (Å²) in [6.07, 6.45) is 6.77. The molecule has 0 bridgehead atoms. The van der Waals surface area contributed by atoms with Gasteiger partial charge in [-0.25, -0.2) is 0 Å². The number of ether oxygens (including phenoxy) is 1. The Balaban J connectivity index is 2.44. The molecular weight excluding hydrogens is 220 g/mol. The van der Waals surface area contributed by atoms with Gasteiger partial charge in [-0.2, -0.15) is 0 Å². The Morgan fingerprint density at radius 2 is 2.42 bits per heavy atom. The van der Waals surface area contributed by atoms with Crippen LogP contribution in [0.5, 0.6) is 0 Å². The van der Waals surface area contributed by atoms with Gasteiger partial charge >= 0.3 is 5.97 Å². The number of hydrogen-bond acceptors (Lipinski definition) is 2. The smallest absolute Gasteiger partial charge is 0.304 e. The van der Waals surface area contributed by atoms with Crippen LogP contribution in [0, 0.1) is 0 Å². The van der Waals surface area contributed by atoms with Crippen LogP contribution in [0.3, 0.4) is 0 Å². The maximum atomic E-state index is 10.6. The van der Waals surface area contributed by atoms with Crippen molar-refractivity contribution in [2.75, 3.05) is 0 Å². The molecule has 0 radical (unpaired) electrons. The summed E-state index contributed by atoms with van der Waals surface area (Å²) in [7, 11) is 0. The van der Waals surface area contributed by atoms with E-state index < -0.39 is 0 Å². The molecule has 0 saturated carbocycles. The number of carbonyl (C=O) groups is 1. The van der Waals surface area contributed by atoms with Gasteiger partial charge in [-0.1, -0.05) is 6.08 Å². The van der Waals surface area contributed by atoms with Gasteiger partial charge in [0.2, 0.25) is 0 Å². The molecule has 0 aromatic carbocycles. The minimum Gasteiger partial charge on any atom is -0.446 e. The summed E-state index contributed by atoms with van der Waals surface area (Å²) in [5, 5.41) is -0.199. The maximum Gasteiger partial charge on any atom is 0.304 e. The molecule has 0 saturated heterocycles. The Morgan fingerprint density at radius 3 is 2.92 bits per heavy atom. The Kier molecular flexibility index (Phi) is 3.79. The third-order valence-electron chi connectivity index (χ3n) is 1.89. The molecule has 1 atom stereocenters. The van der Waals surface area contributed by atoms with Crippen LogP contribution in [0.25, 0.3) is 0 Å². The molecule has 0 fully saturated rings. The average Bonchev–Trinajstić information content (AvgIpc) is 2.05. The van der Waals surface area contributed by atoms with Crippen LogP contribution < -0.4 is 0 Å². The summed E-state index contributed by atoms with van der Waals surface area (Å²) in [4.78, 5) is 10.6. The molecule has 2 nitrogen and oxygen atoms in total. The number of halogens is 1. The number of alkyl halides is 1. The highest BCUT2D eigenvalue weighted by atomic mass is 79.9. The lowest BCUT2D eigenvalue weighted by Crippen LogP contribution is -2.13. The van der Waals surface area contributed by atoms with Crippen LogP contribution in [0.2, 0.25) is 0 Å². The first-order valence-corrected chi connectivity index (χ1v) is 5.12. The van der Waals surface area contributed by atoms with Gasteiger partial charge in [0.25, 0.3) is 0 Å². The highest BCUT2D eigenvalue weighted by Gasteiger charge is 2.14. The van der Waals surface area contributed by atoms with E-state index in [1.165, 1.54) is 25.3 Å². The van der Waals surface area contributed by atoms with Gasteiger partial charge in [0, 0.05) is 6.92 Å². The SMILES string of the molecule is CC(=O)OC(Br)C1=CCCCC1. The summed E-state index contributed by atoms with van der Waals surface area (Å²) in [6.45, 7) is 1.43. The predicted octanol–water partition coefficient (Wildman–Crippen LogP) is 2.77. The molecule has 0 heterocycles. The van der Waals surface area contributed by atoms with Crippen molar-refractivity contribution in [2.45, 2.75) is 37.6 Å². The van der Waals surface area contributed by atoms with Gasteiger partial charge in [-0.3, -0.25) is 4.79 Å². The van der Waals surface area contributed by atoms with Crippen LogP contribution in [0.4, 0.5) is 0 Å². The highest BCUT2D eigenvalue weighted by molar-refractivity contribution is 9.09. The topological polar surface area (TPSA) is 26.3 Å². The molecule has 1 aliphatic rings. The fraction of sp³-hybridized carbons (Fsp3) is 0.667. The Bertz CT molecular complexity index is 199. The van der Waals surface area contributed by atoms with Gasteiger partial charge in [0.05, 0.1) is 0 Å². The largest absolute Gasteiger partial charge is 0.446 e. The molecule has 68 valence electrons. The Hall–Kier alpha value is -0.310. The van der Waals surface area contributed by atoms with Crippen LogP contribution in [-0.4, -0.2) is 11.0 Å². The van der Waals surface area contributed by atoms with E-state index in [1.54, 1.807) is 0 Å². The molecule has 0 aromatic heterocycles. The molecule has 1 aliphatic carbocycles. The van der Waals surface area contributed by atoms with Gasteiger partial charge in [0.15, 0.2) is 5.01 Å². The van der Waals surface area contributed by atoms with Crippen molar-refractivity contribution in [3.05, 3.63) is 11.6 Å². The monoisotopic (exact) mass is 232 g/mol. The summed E-state index contributed by atoms with van der Waals surface area (Å²) >= 11 is 3.33. The van der Waals surface area contributed by atoms with Gasteiger partial charge in [-0.05, 0) is 47.2 Å². The molecule has 12 heavy (non-hydrogen) atoms. The van der Waals surface area contributed by atoms with E-state index in [2.05, 4.69) is 22.0 Å². The highest BCUT2D eigenvalue weighted by Crippen LogP contribution is 2.25. The van der Waals surface area contributed by atoms with Crippen LogP contribution in [-0.2, 0) is 9.53 Å². The van der Waals surface area contributed by atoms with E-state index >= 15 is 0 Å². The van der Waals surface area contributed by atoms with Gasteiger partial charge < -0.3 is 4.74 Å². The average molecular weight is 233 g/mol. The molecule has 0 N–H and O–H groups in total. The molecule has 0 aromatic rings. The summed E-state index contributed by atoms with van der Waals surface area (Å²) in [6, 6.07) is 0. The van der Waals surface area contributed by atoms with Crippen molar-refractivity contribution in [1.82, 2.24) is 0 Å². The van der Waals surface area contributed by atoms with Crippen molar-refractivity contribution in [3.63, 3.8) is 0 Å². The van der Waals surface area contributed by atoms with Gasteiger partial charge in [-0.15, -0.1) is 0 Å². The van der Waals surface area contributed by atoms with Crippen molar-refractivity contribution in [3.8, 4) is 0 Å². The molecule has 1 rings (SSSR count). The molecule has 3 heteroatoms. The van der Waals surface area contributed by atoms with E-state index in [-0.39, 0.29) is 11.0 Å². The predicted molar refractivity (Wildman–Crippen MR) is 51.0 cm³/mol. The van der Waals surface area contributed by atoms with Crippen molar-refractivity contribution in [2.24, 2.45) is 0 Å². The lowest BCUT2D eigenvalue weighted by Gasteiger charge is -2.17. The fourth-order valence-electron chi connectivity index (χ4n) is 1.29. The Morgan fingerprint density at radius 1 is 1.67 bits per heavy atom. The van der Waals surface area contributed by atoms with Crippen LogP contribution >= 0.6 is 15.9 Å². The standard InChI is InChI=1S/C9H13BrO2/c1-7(11)12-9(10)8-5-3-2-4-6-8/h5,9H,2-4,6H2,1H3. The van der Waals surface area contributed by atoms with Crippen molar-refractivity contribution >= 4 is 21.9 Å². The van der Waals surface area contributed by atoms with E-state index in [9.17, 15) is 4.79 Å². The first-order chi connectivity index (χ1) is 5.70. The van der Waals surface area contributed by atoms with Crippen molar-refractivity contribution in [1.29, 1.82) is 0 Å². The zero-order valence-corrected chi connectivity index (χ0v) is 8.76. The van der Waals surface area contributed by atoms with Crippen LogP contribution in [0.15, 0.2) is 11.6 Å². The zero-order chi connectivity index (χ0) is 8.97. The van der Waals surface area contributed by atoms with Crippen LogP contribution in [0.1, 0.15) is 32.6 Å². The number of hydrogen-bond donors (Lipinski definition) is 0. The minimum atomic E-state index is -0.233. The molecule has 1 unspecified atom stereocenters. The normalized spacial score (nSPS) is 19.7. The zero-order valence-electron chi connectivity index (χ0n) is 7.18. The first-order valence-electron chi connectivity index (χ1n) is 4.20. The molecule has 0 amide bonds. The summed E-state index contributed by atoms with van der Waals surface area (Å²) in [5.74, 6) is -0.233. The Labute approximate surface area is 81.1 Å². The first kappa shape index (κ1) is 9.78. The van der Waals surface area contributed by atoms with E-state index in [0.717, 1.165) is 12.8 Å². The van der Waals surface area contributed by atoms with E-state index in [1.807, 2.05) is 0 Å².